The van der Waals surface area contributed by atoms with Crippen LogP contribution in [0.1, 0.15) is 0 Å². The summed E-state index contributed by atoms with van der Waals surface area (Å²) in [6, 6.07) is 0. The molecule has 2 heteroatoms. The summed E-state index contributed by atoms with van der Waals surface area (Å²) in [4.78, 5) is 2.28. The highest BCUT2D eigenvalue weighted by atomic mass is 16.5. The minimum Gasteiger partial charge on any atom is -0.379 e. The first-order valence-corrected chi connectivity index (χ1v) is 3.03. The van der Waals surface area contributed by atoms with Gasteiger partial charge in [0.25, 0.3) is 0 Å². The third-order valence-corrected chi connectivity index (χ3v) is 1.42. The molecule has 1 saturated heterocycles. The molecule has 0 aromatic rings. The monoisotopic (exact) mass is 114 g/mol. The van der Waals surface area contributed by atoms with Crippen molar-refractivity contribution < 1.29 is 4.74 Å². The van der Waals surface area contributed by atoms with Crippen LogP contribution in [0.2, 0.25) is 0 Å². The van der Waals surface area contributed by atoms with E-state index in [1.165, 1.54) is 0 Å². The molecular formula is C6H12NO. The summed E-state index contributed by atoms with van der Waals surface area (Å²) < 4.78 is 5.13. The molecule has 1 radical (unpaired) electrons. The lowest BCUT2D eigenvalue weighted by Crippen LogP contribution is -2.35. The number of ether oxygens (including phenoxy) is 1. The third kappa shape index (κ3) is 1.46. The van der Waals surface area contributed by atoms with Gasteiger partial charge < -0.3 is 4.74 Å². The van der Waals surface area contributed by atoms with Crippen molar-refractivity contribution in [1.82, 2.24) is 4.90 Å². The van der Waals surface area contributed by atoms with Crippen molar-refractivity contribution in [3.8, 4) is 0 Å². The summed E-state index contributed by atoms with van der Waals surface area (Å²) >= 11 is 0. The van der Waals surface area contributed by atoms with Crippen LogP contribution in [0, 0.1) is 6.92 Å². The van der Waals surface area contributed by atoms with Gasteiger partial charge in [-0.25, -0.2) is 0 Å². The Kier molecular flexibility index (Phi) is 2.30. The number of hydrogen-bond donors (Lipinski definition) is 0. The normalized spacial score (nSPS) is 23.6. The molecule has 1 aliphatic rings. The zero-order valence-electron chi connectivity index (χ0n) is 5.10. The molecule has 0 aromatic carbocycles. The Hall–Kier alpha value is -0.0800. The van der Waals surface area contributed by atoms with Crippen molar-refractivity contribution in [2.75, 3.05) is 32.8 Å². The smallest absolute Gasteiger partial charge is 0.0594 e. The maximum atomic E-state index is 5.13. The van der Waals surface area contributed by atoms with E-state index < -0.39 is 0 Å². The molecule has 47 valence electrons. The van der Waals surface area contributed by atoms with Crippen LogP contribution in [-0.2, 0) is 4.74 Å². The lowest BCUT2D eigenvalue weighted by molar-refractivity contribution is 0.0431. The van der Waals surface area contributed by atoms with Crippen molar-refractivity contribution >= 4 is 0 Å². The second-order valence-electron chi connectivity index (χ2n) is 1.95. The van der Waals surface area contributed by atoms with Crippen LogP contribution < -0.4 is 0 Å². The maximum Gasteiger partial charge on any atom is 0.0594 e. The lowest BCUT2D eigenvalue weighted by atomic mass is 10.4. The lowest BCUT2D eigenvalue weighted by Gasteiger charge is -2.24. The number of morpholine rings is 1. The average Bonchev–Trinajstić information content (AvgIpc) is 1.90. The van der Waals surface area contributed by atoms with Crippen molar-refractivity contribution in [2.24, 2.45) is 0 Å². The SMILES string of the molecule is [CH2]CN1CCOCC1. The first-order chi connectivity index (χ1) is 3.93. The second-order valence-corrected chi connectivity index (χ2v) is 1.95. The highest BCUT2D eigenvalue weighted by molar-refractivity contribution is 4.61. The van der Waals surface area contributed by atoms with Gasteiger partial charge in [0.2, 0.25) is 0 Å². The van der Waals surface area contributed by atoms with Crippen LogP contribution in [0.15, 0.2) is 0 Å². The predicted molar refractivity (Wildman–Crippen MR) is 32.6 cm³/mol. The fourth-order valence-electron chi connectivity index (χ4n) is 0.825. The van der Waals surface area contributed by atoms with Crippen LogP contribution in [0.5, 0.6) is 0 Å². The van der Waals surface area contributed by atoms with E-state index in [1.54, 1.807) is 0 Å². The zero-order chi connectivity index (χ0) is 5.82. The van der Waals surface area contributed by atoms with Crippen LogP contribution in [0.25, 0.3) is 0 Å². The van der Waals surface area contributed by atoms with E-state index in [4.69, 9.17) is 4.74 Å². The van der Waals surface area contributed by atoms with Crippen molar-refractivity contribution in [3.63, 3.8) is 0 Å². The van der Waals surface area contributed by atoms with Crippen LogP contribution in [-0.4, -0.2) is 37.7 Å². The van der Waals surface area contributed by atoms with Gasteiger partial charge in [-0.05, 0) is 13.5 Å². The van der Waals surface area contributed by atoms with Gasteiger partial charge >= 0.3 is 0 Å². The first kappa shape index (κ1) is 6.05. The van der Waals surface area contributed by atoms with Gasteiger partial charge in [-0.15, -0.1) is 0 Å². The quantitative estimate of drug-likeness (QED) is 0.481. The molecule has 0 aliphatic carbocycles. The summed E-state index contributed by atoms with van der Waals surface area (Å²) in [6.07, 6.45) is 0. The molecule has 0 amide bonds. The van der Waals surface area contributed by atoms with Crippen molar-refractivity contribution in [2.45, 2.75) is 0 Å². The van der Waals surface area contributed by atoms with E-state index in [2.05, 4.69) is 11.8 Å². The third-order valence-electron chi connectivity index (χ3n) is 1.42. The Morgan fingerprint density at radius 1 is 1.38 bits per heavy atom. The van der Waals surface area contributed by atoms with Gasteiger partial charge in [0, 0.05) is 13.1 Å². The average molecular weight is 114 g/mol. The van der Waals surface area contributed by atoms with Gasteiger partial charge in [0.1, 0.15) is 0 Å². The van der Waals surface area contributed by atoms with Gasteiger partial charge in [-0.3, -0.25) is 4.90 Å². The highest BCUT2D eigenvalue weighted by Gasteiger charge is 2.05. The number of nitrogens with zero attached hydrogens (tertiary/aromatic N) is 1. The number of rotatable bonds is 1. The van der Waals surface area contributed by atoms with Crippen molar-refractivity contribution in [3.05, 3.63) is 6.92 Å². The van der Waals surface area contributed by atoms with E-state index >= 15 is 0 Å². The van der Waals surface area contributed by atoms with Crippen LogP contribution in [0.4, 0.5) is 0 Å². The molecule has 0 unspecified atom stereocenters. The molecule has 0 aromatic heterocycles. The Labute approximate surface area is 50.4 Å². The van der Waals surface area contributed by atoms with Gasteiger partial charge in [0.15, 0.2) is 0 Å². The van der Waals surface area contributed by atoms with E-state index in [0.717, 1.165) is 32.8 Å². The minimum atomic E-state index is 0.884. The highest BCUT2D eigenvalue weighted by Crippen LogP contribution is 1.93. The molecule has 0 atom stereocenters. The van der Waals surface area contributed by atoms with E-state index in [0.29, 0.717) is 0 Å². The zero-order valence-corrected chi connectivity index (χ0v) is 5.10. The Balaban J connectivity index is 2.13. The fraction of sp³-hybridized carbons (Fsp3) is 0.833. The predicted octanol–water partition coefficient (Wildman–Crippen LogP) is 0.153. The van der Waals surface area contributed by atoms with Gasteiger partial charge in [-0.1, -0.05) is 0 Å². The molecule has 0 saturated carbocycles. The largest absolute Gasteiger partial charge is 0.379 e. The van der Waals surface area contributed by atoms with Gasteiger partial charge in [-0.2, -0.15) is 0 Å². The standard InChI is InChI=1S/C6H12NO/c1-2-7-3-5-8-6-4-7/h1-6H2. The molecule has 0 N–H and O–H groups in total. The van der Waals surface area contributed by atoms with Crippen LogP contribution >= 0.6 is 0 Å². The maximum absolute atomic E-state index is 5.13. The molecule has 1 fully saturated rings. The summed E-state index contributed by atoms with van der Waals surface area (Å²) in [6.45, 7) is 8.59. The molecule has 0 spiro atoms. The molecule has 0 bridgehead atoms. The molecule has 8 heavy (non-hydrogen) atoms. The van der Waals surface area contributed by atoms with E-state index in [-0.39, 0.29) is 0 Å². The molecule has 2 nitrogen and oxygen atoms in total. The van der Waals surface area contributed by atoms with Crippen LogP contribution in [0.3, 0.4) is 0 Å². The summed E-state index contributed by atoms with van der Waals surface area (Å²) in [5, 5.41) is 0. The van der Waals surface area contributed by atoms with E-state index in [1.807, 2.05) is 0 Å². The topological polar surface area (TPSA) is 12.5 Å². The first-order valence-electron chi connectivity index (χ1n) is 3.03. The summed E-state index contributed by atoms with van der Waals surface area (Å²) in [5.74, 6) is 0. The molecule has 1 aliphatic heterocycles. The van der Waals surface area contributed by atoms with E-state index in [9.17, 15) is 0 Å². The Morgan fingerprint density at radius 2 is 2.00 bits per heavy atom. The summed E-state index contributed by atoms with van der Waals surface area (Å²) in [5.41, 5.74) is 0. The number of hydrogen-bond acceptors (Lipinski definition) is 2. The fourth-order valence-corrected chi connectivity index (χ4v) is 0.825. The van der Waals surface area contributed by atoms with Crippen molar-refractivity contribution in [1.29, 1.82) is 0 Å². The molecule has 1 rings (SSSR count). The second kappa shape index (κ2) is 3.05. The van der Waals surface area contributed by atoms with Gasteiger partial charge in [0.05, 0.1) is 13.2 Å². The molecular weight excluding hydrogens is 102 g/mol. The Bertz CT molecular complexity index is 59.5. The minimum absolute atomic E-state index is 0.884. The Morgan fingerprint density at radius 3 is 2.38 bits per heavy atom. The summed E-state index contributed by atoms with van der Waals surface area (Å²) in [7, 11) is 0. The molecule has 1 heterocycles.